The van der Waals surface area contributed by atoms with Gasteiger partial charge in [-0.3, -0.25) is 5.41 Å². The summed E-state index contributed by atoms with van der Waals surface area (Å²) in [5.74, 6) is 0.100. The minimum Gasteiger partial charge on any atom is -0.388 e. The van der Waals surface area contributed by atoms with Crippen LogP contribution in [0.4, 0.5) is 5.69 Å². The topological polar surface area (TPSA) is 61.9 Å². The maximum atomic E-state index is 7.31. The second-order valence-electron chi connectivity index (χ2n) is 2.71. The van der Waals surface area contributed by atoms with Crippen molar-refractivity contribution in [1.82, 2.24) is 0 Å². The minimum absolute atomic E-state index is 0.100. The Labute approximate surface area is 72.1 Å². The Morgan fingerprint density at radius 1 is 1.50 bits per heavy atom. The maximum absolute atomic E-state index is 7.31. The third kappa shape index (κ3) is 1.56. The van der Waals surface area contributed by atoms with Gasteiger partial charge in [0.25, 0.3) is 0 Å². The summed E-state index contributed by atoms with van der Waals surface area (Å²) in [5, 5.41) is 10.3. The Bertz CT molecular complexity index is 305. The third-order valence-electron chi connectivity index (χ3n) is 1.73. The molecule has 1 aromatic rings. The summed E-state index contributed by atoms with van der Waals surface area (Å²) < 4.78 is 0. The molecular formula is C9H13N3. The molecule has 0 aliphatic heterocycles. The average molecular weight is 163 g/mol. The molecule has 0 radical (unpaired) electrons. The zero-order valence-corrected chi connectivity index (χ0v) is 7.31. The summed E-state index contributed by atoms with van der Waals surface area (Å²) in [6.45, 7) is 1.98. The van der Waals surface area contributed by atoms with E-state index < -0.39 is 0 Å². The highest BCUT2D eigenvalue weighted by Gasteiger charge is 2.02. The van der Waals surface area contributed by atoms with Gasteiger partial charge in [0.15, 0.2) is 0 Å². The number of benzene rings is 1. The molecule has 4 N–H and O–H groups in total. The van der Waals surface area contributed by atoms with Crippen molar-refractivity contribution in [2.75, 3.05) is 12.4 Å². The first kappa shape index (κ1) is 8.59. The van der Waals surface area contributed by atoms with E-state index in [4.69, 9.17) is 11.1 Å². The van der Waals surface area contributed by atoms with Crippen LogP contribution in [0, 0.1) is 12.3 Å². The molecule has 64 valence electrons. The van der Waals surface area contributed by atoms with E-state index in [-0.39, 0.29) is 5.84 Å². The number of hydrogen-bond donors (Lipinski definition) is 3. The molecule has 0 saturated heterocycles. The van der Waals surface area contributed by atoms with Gasteiger partial charge in [0.1, 0.15) is 5.84 Å². The van der Waals surface area contributed by atoms with Crippen molar-refractivity contribution in [1.29, 1.82) is 5.41 Å². The van der Waals surface area contributed by atoms with Crippen LogP contribution in [0.2, 0.25) is 0 Å². The van der Waals surface area contributed by atoms with Gasteiger partial charge in [0, 0.05) is 18.3 Å². The number of rotatable bonds is 2. The van der Waals surface area contributed by atoms with Crippen molar-refractivity contribution in [2.24, 2.45) is 5.73 Å². The smallest absolute Gasteiger partial charge is 0.124 e. The fraction of sp³-hybridized carbons (Fsp3) is 0.222. The zero-order chi connectivity index (χ0) is 9.14. The van der Waals surface area contributed by atoms with Crippen molar-refractivity contribution in [3.05, 3.63) is 29.3 Å². The van der Waals surface area contributed by atoms with Crippen LogP contribution in [-0.2, 0) is 0 Å². The monoisotopic (exact) mass is 163 g/mol. The van der Waals surface area contributed by atoms with E-state index in [9.17, 15) is 0 Å². The molecule has 0 aromatic heterocycles. The van der Waals surface area contributed by atoms with Crippen LogP contribution in [0.15, 0.2) is 18.2 Å². The van der Waals surface area contributed by atoms with E-state index in [1.54, 1.807) is 0 Å². The largest absolute Gasteiger partial charge is 0.388 e. The van der Waals surface area contributed by atoms with Gasteiger partial charge in [-0.15, -0.1) is 0 Å². The van der Waals surface area contributed by atoms with E-state index in [0.717, 1.165) is 16.8 Å². The fourth-order valence-corrected chi connectivity index (χ4v) is 1.10. The predicted molar refractivity (Wildman–Crippen MR) is 51.7 cm³/mol. The molecule has 0 aliphatic rings. The Kier molecular flexibility index (Phi) is 2.33. The van der Waals surface area contributed by atoms with Crippen molar-refractivity contribution in [2.45, 2.75) is 6.92 Å². The second-order valence-corrected chi connectivity index (χ2v) is 2.71. The van der Waals surface area contributed by atoms with Crippen molar-refractivity contribution in [3.8, 4) is 0 Å². The molecule has 0 saturated carbocycles. The molecule has 3 nitrogen and oxygen atoms in total. The number of amidine groups is 1. The Morgan fingerprint density at radius 3 is 2.67 bits per heavy atom. The number of hydrogen-bond acceptors (Lipinski definition) is 2. The van der Waals surface area contributed by atoms with Crippen molar-refractivity contribution in [3.63, 3.8) is 0 Å². The minimum atomic E-state index is 0.100. The number of nitrogen functional groups attached to an aromatic ring is 1. The number of aryl methyl sites for hydroxylation is 1. The van der Waals surface area contributed by atoms with Gasteiger partial charge >= 0.3 is 0 Å². The summed E-state index contributed by atoms with van der Waals surface area (Å²) in [5.41, 5.74) is 8.17. The summed E-state index contributed by atoms with van der Waals surface area (Å²) >= 11 is 0. The van der Waals surface area contributed by atoms with E-state index in [1.165, 1.54) is 0 Å². The molecule has 3 heteroatoms. The molecule has 1 aromatic carbocycles. The number of nitrogens with two attached hydrogens (primary N) is 1. The molecular weight excluding hydrogens is 150 g/mol. The van der Waals surface area contributed by atoms with Gasteiger partial charge in [-0.2, -0.15) is 0 Å². The van der Waals surface area contributed by atoms with Gasteiger partial charge in [-0.05, 0) is 19.1 Å². The first-order chi connectivity index (χ1) is 5.65. The van der Waals surface area contributed by atoms with Crippen LogP contribution < -0.4 is 11.1 Å². The Balaban J connectivity index is 3.21. The first-order valence-electron chi connectivity index (χ1n) is 3.78. The van der Waals surface area contributed by atoms with Crippen LogP contribution >= 0.6 is 0 Å². The van der Waals surface area contributed by atoms with Gasteiger partial charge in [-0.25, -0.2) is 0 Å². The molecule has 0 spiro atoms. The molecule has 0 unspecified atom stereocenters. The molecule has 0 atom stereocenters. The van der Waals surface area contributed by atoms with Gasteiger partial charge in [0.05, 0.1) is 0 Å². The van der Waals surface area contributed by atoms with Crippen LogP contribution in [0.25, 0.3) is 0 Å². The zero-order valence-electron chi connectivity index (χ0n) is 7.31. The molecule has 0 amide bonds. The van der Waals surface area contributed by atoms with Crippen molar-refractivity contribution >= 4 is 11.5 Å². The lowest BCUT2D eigenvalue weighted by Gasteiger charge is -2.07. The van der Waals surface area contributed by atoms with E-state index in [2.05, 4.69) is 5.32 Å². The number of nitrogens with one attached hydrogen (secondary N) is 2. The normalized spacial score (nSPS) is 9.50. The Hall–Kier alpha value is -1.51. The fourth-order valence-electron chi connectivity index (χ4n) is 1.10. The SMILES string of the molecule is CNc1ccc(C)cc1C(=N)N. The van der Waals surface area contributed by atoms with Gasteiger partial charge in [-0.1, -0.05) is 11.6 Å². The van der Waals surface area contributed by atoms with Crippen LogP contribution in [0.3, 0.4) is 0 Å². The van der Waals surface area contributed by atoms with E-state index in [1.807, 2.05) is 32.2 Å². The highest BCUT2D eigenvalue weighted by atomic mass is 14.8. The lowest BCUT2D eigenvalue weighted by Crippen LogP contribution is -2.13. The molecule has 0 fully saturated rings. The molecule has 12 heavy (non-hydrogen) atoms. The number of anilines is 1. The summed E-state index contributed by atoms with van der Waals surface area (Å²) in [6.07, 6.45) is 0. The molecule has 0 aliphatic carbocycles. The summed E-state index contributed by atoms with van der Waals surface area (Å²) in [7, 11) is 1.82. The highest BCUT2D eigenvalue weighted by Crippen LogP contribution is 2.15. The summed E-state index contributed by atoms with van der Waals surface area (Å²) in [4.78, 5) is 0. The lowest BCUT2D eigenvalue weighted by atomic mass is 10.1. The molecule has 0 bridgehead atoms. The van der Waals surface area contributed by atoms with Crippen molar-refractivity contribution < 1.29 is 0 Å². The van der Waals surface area contributed by atoms with Crippen LogP contribution in [-0.4, -0.2) is 12.9 Å². The standard InChI is InChI=1S/C9H13N3/c1-6-3-4-8(12-2)7(5-6)9(10)11/h3-5,12H,1-2H3,(H3,10,11). The van der Waals surface area contributed by atoms with E-state index >= 15 is 0 Å². The summed E-state index contributed by atoms with van der Waals surface area (Å²) in [6, 6.07) is 5.80. The maximum Gasteiger partial charge on any atom is 0.124 e. The average Bonchev–Trinajstić information content (AvgIpc) is 2.04. The van der Waals surface area contributed by atoms with Crippen LogP contribution in [0.1, 0.15) is 11.1 Å². The first-order valence-corrected chi connectivity index (χ1v) is 3.78. The second kappa shape index (κ2) is 3.26. The van der Waals surface area contributed by atoms with E-state index in [0.29, 0.717) is 0 Å². The van der Waals surface area contributed by atoms with Gasteiger partial charge in [0.2, 0.25) is 0 Å². The third-order valence-corrected chi connectivity index (χ3v) is 1.73. The quantitative estimate of drug-likeness (QED) is 0.455. The van der Waals surface area contributed by atoms with Gasteiger partial charge < -0.3 is 11.1 Å². The highest BCUT2D eigenvalue weighted by molar-refractivity contribution is 6.00. The Morgan fingerprint density at radius 2 is 2.17 bits per heavy atom. The molecule has 1 rings (SSSR count). The van der Waals surface area contributed by atoms with Crippen LogP contribution in [0.5, 0.6) is 0 Å². The molecule has 0 heterocycles. The lowest BCUT2D eigenvalue weighted by molar-refractivity contribution is 1.37. The predicted octanol–water partition coefficient (Wildman–Crippen LogP) is 1.32.